The van der Waals surface area contributed by atoms with Crippen LogP contribution < -0.4 is 0 Å². The Hall–Kier alpha value is -2.78. The average Bonchev–Trinajstić information content (AvgIpc) is 3.24. The number of aromatic amines is 1. The minimum Gasteiger partial charge on any atom is -0.459 e. The lowest BCUT2D eigenvalue weighted by molar-refractivity contribution is -0.148. The highest BCUT2D eigenvalue weighted by Gasteiger charge is 2.47. The van der Waals surface area contributed by atoms with Crippen LogP contribution in [0.3, 0.4) is 0 Å². The Morgan fingerprint density at radius 1 is 1.24 bits per heavy atom. The Morgan fingerprint density at radius 3 is 2.55 bits per heavy atom. The predicted octanol–water partition coefficient (Wildman–Crippen LogP) is 5.62. The van der Waals surface area contributed by atoms with Gasteiger partial charge in [-0.3, -0.25) is 4.68 Å². The zero-order valence-corrected chi connectivity index (χ0v) is 18.4. The van der Waals surface area contributed by atoms with Gasteiger partial charge in [-0.1, -0.05) is 29.8 Å². The number of nitrogens with one attached hydrogen (secondary N) is 1. The summed E-state index contributed by atoms with van der Waals surface area (Å²) in [6, 6.07) is 6.19. The van der Waals surface area contributed by atoms with Gasteiger partial charge in [0, 0.05) is 27.9 Å². The maximum absolute atomic E-state index is 14.2. The molecule has 0 bridgehead atoms. The monoisotopic (exact) mass is 479 g/mol. The van der Waals surface area contributed by atoms with Crippen LogP contribution in [0.1, 0.15) is 54.7 Å². The van der Waals surface area contributed by atoms with Crippen molar-refractivity contribution < 1.29 is 27.8 Å². The lowest BCUT2D eigenvalue weighted by Gasteiger charge is -2.41. The molecule has 33 heavy (non-hydrogen) atoms. The molecule has 1 aromatic carbocycles. The van der Waals surface area contributed by atoms with Crippen LogP contribution in [0, 0.1) is 0 Å². The molecule has 0 amide bonds. The van der Waals surface area contributed by atoms with E-state index >= 15 is 0 Å². The topological polar surface area (TPSA) is 80.1 Å². The first-order chi connectivity index (χ1) is 15.5. The number of carbonyl (C=O) groups excluding carboxylic acids is 1. The van der Waals surface area contributed by atoms with E-state index in [1.54, 1.807) is 31.2 Å². The normalized spacial score (nSPS) is 22.8. The van der Waals surface area contributed by atoms with E-state index in [-0.39, 0.29) is 35.8 Å². The number of benzene rings is 1. The Bertz CT molecular complexity index is 1220. The molecule has 2 aliphatic carbocycles. The van der Waals surface area contributed by atoms with Crippen molar-refractivity contribution in [2.24, 2.45) is 0 Å². The van der Waals surface area contributed by atoms with Gasteiger partial charge in [0.05, 0.1) is 29.1 Å². The highest BCUT2D eigenvalue weighted by Crippen LogP contribution is 2.47. The summed E-state index contributed by atoms with van der Waals surface area (Å²) in [4.78, 5) is 15.9. The number of nitrogens with zero attached hydrogens (tertiary/aromatic N) is 2. The molecule has 2 fully saturated rings. The first kappa shape index (κ1) is 22.0. The molecule has 2 aliphatic rings. The molecule has 2 aromatic heterocycles. The van der Waals surface area contributed by atoms with E-state index in [2.05, 4.69) is 10.1 Å². The molecule has 2 N–H and O–H groups in total. The fourth-order valence-electron chi connectivity index (χ4n) is 4.37. The van der Waals surface area contributed by atoms with E-state index in [0.717, 1.165) is 23.7 Å². The number of halogens is 4. The van der Waals surface area contributed by atoms with Crippen molar-refractivity contribution in [3.63, 3.8) is 0 Å². The SMILES string of the molecule is CC1(O)CC(n2ncc(-c3[nH]cc(-c4ccccc4Cl)c3C(=O)OC3CC3)c2C(F)(F)F)C1. The fourth-order valence-corrected chi connectivity index (χ4v) is 4.61. The molecule has 0 atom stereocenters. The molecular formula is C23H21ClF3N3O3. The molecule has 5 rings (SSSR count). The molecule has 0 spiro atoms. The third-order valence-electron chi connectivity index (χ3n) is 6.08. The number of esters is 1. The number of ether oxygens (including phenoxy) is 1. The predicted molar refractivity (Wildman–Crippen MR) is 115 cm³/mol. The van der Waals surface area contributed by atoms with Crippen LogP contribution in [0.4, 0.5) is 13.2 Å². The second-order valence-corrected chi connectivity index (χ2v) is 9.35. The first-order valence-electron chi connectivity index (χ1n) is 10.6. The highest BCUT2D eigenvalue weighted by atomic mass is 35.5. The van der Waals surface area contributed by atoms with Crippen LogP contribution in [0.2, 0.25) is 5.02 Å². The molecule has 3 aromatic rings. The van der Waals surface area contributed by atoms with Gasteiger partial charge in [-0.15, -0.1) is 0 Å². The van der Waals surface area contributed by atoms with Crippen molar-refractivity contribution in [2.75, 3.05) is 0 Å². The van der Waals surface area contributed by atoms with E-state index in [9.17, 15) is 23.1 Å². The van der Waals surface area contributed by atoms with Crippen LogP contribution in [-0.2, 0) is 10.9 Å². The van der Waals surface area contributed by atoms with Gasteiger partial charge < -0.3 is 14.8 Å². The Labute approximate surface area is 192 Å². The number of aliphatic hydroxyl groups is 1. The average molecular weight is 480 g/mol. The summed E-state index contributed by atoms with van der Waals surface area (Å²) in [6.45, 7) is 1.58. The lowest BCUT2D eigenvalue weighted by atomic mass is 9.77. The van der Waals surface area contributed by atoms with Crippen LogP contribution in [0.15, 0.2) is 36.7 Å². The molecule has 2 heterocycles. The first-order valence-corrected chi connectivity index (χ1v) is 11.0. The molecule has 0 aliphatic heterocycles. The molecule has 0 saturated heterocycles. The third-order valence-corrected chi connectivity index (χ3v) is 6.41. The maximum Gasteiger partial charge on any atom is 0.433 e. The molecule has 2 saturated carbocycles. The zero-order chi connectivity index (χ0) is 23.5. The minimum atomic E-state index is -4.74. The number of hydrogen-bond acceptors (Lipinski definition) is 4. The molecular weight excluding hydrogens is 459 g/mol. The number of carbonyl (C=O) groups is 1. The van der Waals surface area contributed by atoms with Crippen LogP contribution in [0.5, 0.6) is 0 Å². The quantitative estimate of drug-likeness (QED) is 0.465. The van der Waals surface area contributed by atoms with Crippen molar-refractivity contribution in [3.05, 3.63) is 52.9 Å². The highest BCUT2D eigenvalue weighted by molar-refractivity contribution is 6.33. The van der Waals surface area contributed by atoms with E-state index in [1.165, 1.54) is 6.20 Å². The number of hydrogen-bond donors (Lipinski definition) is 2. The smallest absolute Gasteiger partial charge is 0.433 e. The number of alkyl halides is 3. The van der Waals surface area contributed by atoms with Crippen LogP contribution >= 0.6 is 11.6 Å². The van der Waals surface area contributed by atoms with Crippen molar-refractivity contribution in [1.82, 2.24) is 14.8 Å². The molecule has 6 nitrogen and oxygen atoms in total. The Balaban J connectivity index is 1.66. The van der Waals surface area contributed by atoms with Gasteiger partial charge in [0.1, 0.15) is 6.10 Å². The summed E-state index contributed by atoms with van der Waals surface area (Å²) >= 11 is 6.33. The van der Waals surface area contributed by atoms with Crippen molar-refractivity contribution in [3.8, 4) is 22.4 Å². The largest absolute Gasteiger partial charge is 0.459 e. The van der Waals surface area contributed by atoms with Gasteiger partial charge in [0.25, 0.3) is 0 Å². The molecule has 0 radical (unpaired) electrons. The van der Waals surface area contributed by atoms with Crippen LogP contribution in [0.25, 0.3) is 22.4 Å². The van der Waals surface area contributed by atoms with E-state index in [4.69, 9.17) is 16.3 Å². The summed E-state index contributed by atoms with van der Waals surface area (Å²) < 4.78 is 49.0. The van der Waals surface area contributed by atoms with E-state index in [0.29, 0.717) is 16.1 Å². The van der Waals surface area contributed by atoms with Crippen LogP contribution in [-0.4, -0.2) is 37.5 Å². The lowest BCUT2D eigenvalue weighted by Crippen LogP contribution is -2.43. The van der Waals surface area contributed by atoms with Crippen molar-refractivity contribution in [2.45, 2.75) is 56.5 Å². The zero-order valence-electron chi connectivity index (χ0n) is 17.6. The number of H-pyrrole nitrogens is 1. The van der Waals surface area contributed by atoms with E-state index in [1.807, 2.05) is 0 Å². The van der Waals surface area contributed by atoms with Crippen molar-refractivity contribution in [1.29, 1.82) is 0 Å². The Kier molecular flexibility index (Phi) is 5.10. The van der Waals surface area contributed by atoms with Gasteiger partial charge in [0.15, 0.2) is 5.69 Å². The molecule has 174 valence electrons. The van der Waals surface area contributed by atoms with Gasteiger partial charge in [-0.2, -0.15) is 18.3 Å². The van der Waals surface area contributed by atoms with Gasteiger partial charge in [-0.25, -0.2) is 4.79 Å². The van der Waals surface area contributed by atoms with Crippen molar-refractivity contribution >= 4 is 17.6 Å². The second-order valence-electron chi connectivity index (χ2n) is 8.95. The second kappa shape index (κ2) is 7.63. The molecule has 10 heteroatoms. The fraction of sp³-hybridized carbons (Fsp3) is 0.391. The standard InChI is InChI=1S/C23H21ClF3N3O3/c1-22(32)8-12(9-22)30-20(23(25,26)27)16(11-29-30)19-18(21(31)33-13-6-7-13)15(10-28-19)14-4-2-3-5-17(14)24/h2-5,10-13,28,32H,6-9H2,1H3. The number of rotatable bonds is 5. The number of aromatic nitrogens is 3. The van der Waals surface area contributed by atoms with Gasteiger partial charge in [-0.05, 0) is 38.7 Å². The third kappa shape index (κ3) is 4.04. The summed E-state index contributed by atoms with van der Waals surface area (Å²) in [5, 5.41) is 14.4. The van der Waals surface area contributed by atoms with Gasteiger partial charge >= 0.3 is 12.1 Å². The minimum absolute atomic E-state index is 0.0133. The van der Waals surface area contributed by atoms with E-state index < -0.39 is 29.5 Å². The molecule has 0 unspecified atom stereocenters. The summed E-state index contributed by atoms with van der Waals surface area (Å²) in [5.74, 6) is -0.712. The summed E-state index contributed by atoms with van der Waals surface area (Å²) in [6.07, 6.45) is -0.646. The Morgan fingerprint density at radius 2 is 1.94 bits per heavy atom. The maximum atomic E-state index is 14.2. The summed E-state index contributed by atoms with van der Waals surface area (Å²) in [7, 11) is 0. The summed E-state index contributed by atoms with van der Waals surface area (Å²) in [5.41, 5.74) is -1.44. The van der Waals surface area contributed by atoms with Gasteiger partial charge in [0.2, 0.25) is 0 Å².